The Bertz CT molecular complexity index is 2210. The van der Waals surface area contributed by atoms with Crippen LogP contribution in [-0.2, 0) is 49.3 Å². The number of hydrogen-bond donors (Lipinski definition) is 2. The molecule has 1 amide bonds. The molecule has 21 heteroatoms. The van der Waals surface area contributed by atoms with Crippen molar-refractivity contribution in [3.05, 3.63) is 117 Å². The monoisotopic (exact) mass is 905 g/mol. The van der Waals surface area contributed by atoms with Crippen molar-refractivity contribution in [3.8, 4) is 11.5 Å². The van der Waals surface area contributed by atoms with Gasteiger partial charge in [-0.25, -0.2) is 16.8 Å². The third kappa shape index (κ3) is 13.4. The molecule has 0 bridgehead atoms. The summed E-state index contributed by atoms with van der Waals surface area (Å²) in [4.78, 5) is 11.3. The second-order valence-electron chi connectivity index (χ2n) is 12.0. The number of sulfonamides is 1. The second kappa shape index (κ2) is 20.3. The smallest absolute Gasteiger partial charge is 0.416 e. The quantitative estimate of drug-likeness (QED) is 0.126. The molecular formula is C36H36Cl3F6N3O7S2. The van der Waals surface area contributed by atoms with Crippen molar-refractivity contribution in [1.29, 1.82) is 0 Å². The van der Waals surface area contributed by atoms with E-state index in [1.807, 2.05) is 24.3 Å². The molecule has 0 spiro atoms. The van der Waals surface area contributed by atoms with Gasteiger partial charge in [-0.05, 0) is 61.4 Å². The highest BCUT2D eigenvalue weighted by Gasteiger charge is 2.37. The lowest BCUT2D eigenvalue weighted by atomic mass is 9.98. The van der Waals surface area contributed by atoms with E-state index in [1.54, 1.807) is 31.4 Å². The highest BCUT2D eigenvalue weighted by atomic mass is 35.7. The number of carbonyl (C=O) groups excluding carboxylic acids is 1. The number of benzene rings is 4. The van der Waals surface area contributed by atoms with Crippen LogP contribution in [0.4, 0.5) is 26.3 Å². The third-order valence-corrected chi connectivity index (χ3v) is 12.4. The molecule has 1 fully saturated rings. The molecule has 1 aliphatic heterocycles. The molecule has 0 aliphatic carbocycles. The van der Waals surface area contributed by atoms with Crippen LogP contribution in [0, 0.1) is 5.92 Å². The molecule has 312 valence electrons. The Hall–Kier alpha value is -3.78. The number of alkyl halides is 6. The Kier molecular flexibility index (Phi) is 16.9. The maximum absolute atomic E-state index is 13.1. The third-order valence-electron chi connectivity index (χ3n) is 8.21. The van der Waals surface area contributed by atoms with Gasteiger partial charge in [0.05, 0.1) is 41.3 Å². The average Bonchev–Trinajstić information content (AvgIpc) is 3.16. The van der Waals surface area contributed by atoms with Crippen molar-refractivity contribution in [3.63, 3.8) is 0 Å². The summed E-state index contributed by atoms with van der Waals surface area (Å²) in [6.45, 7) is 0.674. The summed E-state index contributed by atoms with van der Waals surface area (Å²) in [6.07, 6.45) is -8.50. The summed E-state index contributed by atoms with van der Waals surface area (Å²) in [7, 11) is -0.523. The SMILES string of the molecule is COc1ccccc1CN.COc1ccccc1CNC(=O)C1CCCN(S(=O)(=O)c2cc(C(F)(F)F)ccc2Cl)C1.O=S(=O)(Cl)c1cc(C(F)(F)F)ccc1Cl. The predicted octanol–water partition coefficient (Wildman–Crippen LogP) is 8.52. The van der Waals surface area contributed by atoms with Gasteiger partial charge in [0.2, 0.25) is 15.9 Å². The number of nitrogens with two attached hydrogens (primary N) is 1. The Labute approximate surface area is 340 Å². The van der Waals surface area contributed by atoms with Crippen LogP contribution >= 0.6 is 33.9 Å². The Morgan fingerprint density at radius 2 is 1.26 bits per heavy atom. The molecule has 1 unspecified atom stereocenters. The van der Waals surface area contributed by atoms with Gasteiger partial charge in [0.25, 0.3) is 9.05 Å². The van der Waals surface area contributed by atoms with E-state index in [2.05, 4.69) is 5.32 Å². The number of amides is 1. The Morgan fingerprint density at radius 3 is 1.74 bits per heavy atom. The lowest BCUT2D eigenvalue weighted by molar-refractivity contribution is -0.138. The molecule has 1 heterocycles. The molecule has 5 rings (SSSR count). The van der Waals surface area contributed by atoms with E-state index in [0.29, 0.717) is 43.3 Å². The first-order valence-electron chi connectivity index (χ1n) is 16.4. The minimum atomic E-state index is -4.71. The number of para-hydroxylation sites is 2. The first-order valence-corrected chi connectivity index (χ1v) is 20.9. The van der Waals surface area contributed by atoms with E-state index < -0.39 is 58.3 Å². The molecule has 4 aromatic rings. The van der Waals surface area contributed by atoms with Crippen molar-refractivity contribution in [2.75, 3.05) is 27.3 Å². The first-order chi connectivity index (χ1) is 26.5. The summed E-state index contributed by atoms with van der Waals surface area (Å²) in [5, 5.41) is 2.13. The number of methoxy groups -OCH3 is 2. The van der Waals surface area contributed by atoms with Gasteiger partial charge in [-0.3, -0.25) is 4.79 Å². The number of nitrogens with one attached hydrogen (secondary N) is 1. The summed E-state index contributed by atoms with van der Waals surface area (Å²) in [6, 6.07) is 19.0. The van der Waals surface area contributed by atoms with Crippen LogP contribution in [0.1, 0.15) is 35.1 Å². The van der Waals surface area contributed by atoms with Crippen LogP contribution in [0.25, 0.3) is 0 Å². The zero-order valence-electron chi connectivity index (χ0n) is 30.0. The van der Waals surface area contributed by atoms with Crippen molar-refractivity contribution in [1.82, 2.24) is 9.62 Å². The van der Waals surface area contributed by atoms with Crippen molar-refractivity contribution >= 4 is 58.9 Å². The molecule has 10 nitrogen and oxygen atoms in total. The van der Waals surface area contributed by atoms with Crippen molar-refractivity contribution < 1.29 is 57.4 Å². The maximum Gasteiger partial charge on any atom is 0.416 e. The van der Waals surface area contributed by atoms with Gasteiger partial charge < -0.3 is 20.5 Å². The zero-order valence-corrected chi connectivity index (χ0v) is 33.9. The van der Waals surface area contributed by atoms with Crippen LogP contribution < -0.4 is 20.5 Å². The Balaban J connectivity index is 0.000000285. The lowest BCUT2D eigenvalue weighted by Gasteiger charge is -2.31. The molecular weight excluding hydrogens is 871 g/mol. The van der Waals surface area contributed by atoms with Gasteiger partial charge in [-0.1, -0.05) is 59.6 Å². The number of ether oxygens (including phenoxy) is 2. The largest absolute Gasteiger partial charge is 0.496 e. The van der Waals surface area contributed by atoms with E-state index in [-0.39, 0.29) is 35.6 Å². The average molecular weight is 907 g/mol. The molecule has 0 saturated carbocycles. The van der Waals surface area contributed by atoms with Crippen LogP contribution in [-0.4, -0.2) is 54.4 Å². The fourth-order valence-corrected chi connectivity index (χ4v) is 8.82. The van der Waals surface area contributed by atoms with Crippen LogP contribution in [0.5, 0.6) is 11.5 Å². The van der Waals surface area contributed by atoms with Gasteiger partial charge in [-0.15, -0.1) is 0 Å². The molecule has 3 N–H and O–H groups in total. The van der Waals surface area contributed by atoms with E-state index >= 15 is 0 Å². The van der Waals surface area contributed by atoms with Crippen LogP contribution in [0.2, 0.25) is 10.0 Å². The number of nitrogens with zero attached hydrogens (tertiary/aromatic N) is 1. The molecule has 1 aliphatic rings. The molecule has 4 aromatic carbocycles. The number of carbonyl (C=O) groups is 1. The fourth-order valence-electron chi connectivity index (χ4n) is 5.31. The zero-order chi connectivity index (χ0) is 42.8. The van der Waals surface area contributed by atoms with Gasteiger partial charge in [-0.2, -0.15) is 30.6 Å². The minimum absolute atomic E-state index is 0.0885. The van der Waals surface area contributed by atoms with E-state index in [0.717, 1.165) is 39.4 Å². The molecule has 0 radical (unpaired) electrons. The van der Waals surface area contributed by atoms with Gasteiger partial charge >= 0.3 is 12.4 Å². The van der Waals surface area contributed by atoms with Gasteiger partial charge in [0.1, 0.15) is 21.3 Å². The van der Waals surface area contributed by atoms with Crippen molar-refractivity contribution in [2.24, 2.45) is 11.7 Å². The summed E-state index contributed by atoms with van der Waals surface area (Å²) in [5.74, 6) is 0.494. The molecule has 1 saturated heterocycles. The summed E-state index contributed by atoms with van der Waals surface area (Å²) < 4.78 is 135. The predicted molar refractivity (Wildman–Crippen MR) is 203 cm³/mol. The van der Waals surface area contributed by atoms with Gasteiger partial charge in [0.15, 0.2) is 0 Å². The van der Waals surface area contributed by atoms with Gasteiger partial charge in [0, 0.05) is 48.0 Å². The summed E-state index contributed by atoms with van der Waals surface area (Å²) in [5.41, 5.74) is 5.03. The number of halogens is 9. The van der Waals surface area contributed by atoms with E-state index in [4.69, 9.17) is 49.1 Å². The number of hydrogen-bond acceptors (Lipinski definition) is 8. The molecule has 57 heavy (non-hydrogen) atoms. The normalized spacial score (nSPS) is 15.0. The Morgan fingerprint density at radius 1 is 0.789 bits per heavy atom. The fraction of sp³-hybridized carbons (Fsp3) is 0.306. The number of rotatable bonds is 9. The maximum atomic E-state index is 13.1. The highest BCUT2D eigenvalue weighted by Crippen LogP contribution is 2.36. The standard InChI is InChI=1S/C21H22ClF3N2O4S.C8H11NO.C7H3Cl2F3O2S/c1-31-18-7-3-2-5-14(18)12-26-20(28)15-6-4-10-27(13-15)32(29,30)19-11-16(21(23,24)25)8-9-17(19)22;1-10-8-5-3-2-4-7(8)6-9;8-5-2-1-4(7(10,11)12)3-6(5)15(9,13)14/h2-3,5,7-9,11,15H,4,6,10,12-13H2,1H3,(H,26,28);2-5H,6,9H2,1H3;1-3H. The molecule has 1 atom stereocenters. The van der Waals surface area contributed by atoms with E-state index in [1.165, 1.54) is 7.11 Å². The van der Waals surface area contributed by atoms with E-state index in [9.17, 15) is 48.0 Å². The minimum Gasteiger partial charge on any atom is -0.496 e. The summed E-state index contributed by atoms with van der Waals surface area (Å²) >= 11 is 11.3. The molecule has 0 aromatic heterocycles. The second-order valence-corrected chi connectivity index (χ2v) is 17.2. The van der Waals surface area contributed by atoms with Crippen LogP contribution in [0.15, 0.2) is 94.7 Å². The highest BCUT2D eigenvalue weighted by molar-refractivity contribution is 8.13. The van der Waals surface area contributed by atoms with Crippen molar-refractivity contribution in [2.45, 2.75) is 48.1 Å². The lowest BCUT2D eigenvalue weighted by Crippen LogP contribution is -2.45. The van der Waals surface area contributed by atoms with Crippen LogP contribution in [0.3, 0.4) is 0 Å². The number of piperidine rings is 1. The topological polar surface area (TPSA) is 145 Å². The first kappa shape index (κ1) is 47.6.